The third kappa shape index (κ3) is 10.5. The number of hydrogen-bond donors (Lipinski definition) is 6. The molecule has 0 aromatic heterocycles. The Bertz CT molecular complexity index is 2760. The molecule has 10 aliphatic rings. The summed E-state index contributed by atoms with van der Waals surface area (Å²) in [6.45, 7) is 20.4. The van der Waals surface area contributed by atoms with Crippen LogP contribution in [0, 0.1) is 110 Å². The second kappa shape index (κ2) is 19.6. The highest BCUT2D eigenvalue weighted by atomic mass is 32.3. The smallest absolute Gasteiger partial charge is 0.390 e. The van der Waals surface area contributed by atoms with Crippen LogP contribution >= 0.6 is 0 Å². The van der Waals surface area contributed by atoms with E-state index in [2.05, 4.69) is 60.6 Å². The normalized spacial score (nSPS) is 51.4. The molecule has 0 bridgehead atoms. The number of aliphatic hydroxyl groups is 2. The highest BCUT2D eigenvalue weighted by Crippen LogP contribution is 2.72. The van der Waals surface area contributed by atoms with Crippen LogP contribution in [0.3, 0.4) is 0 Å². The van der Waals surface area contributed by atoms with Crippen LogP contribution in [0.2, 0.25) is 0 Å². The van der Waals surface area contributed by atoms with Gasteiger partial charge in [0.15, 0.2) is 0 Å². The molecule has 77 heavy (non-hydrogen) atoms. The van der Waals surface area contributed by atoms with E-state index in [9.17, 15) is 62.1 Å². The van der Waals surface area contributed by atoms with Gasteiger partial charge < -0.3 is 14.9 Å². The Labute approximate surface area is 458 Å². The summed E-state index contributed by atoms with van der Waals surface area (Å²) >= 11 is 0. The largest absolute Gasteiger partial charge is 0.397 e. The average Bonchev–Trinajstić information content (AvgIpc) is 4.14. The molecule has 0 spiro atoms. The summed E-state index contributed by atoms with van der Waals surface area (Å²) < 4.78 is 165. The molecule has 0 aromatic carbocycles. The van der Waals surface area contributed by atoms with Gasteiger partial charge in [0.1, 0.15) is 12.2 Å². The standard InChI is InChI=1S/C54H88O19S4/c1-28(32-12-14-34-30-20-45(70-74(57,58)59)40-22-42(55)47(72-76(63,64)65)25-52(40,7)36(30)16-18-50(32,34)5)10-11-38-39-24-44(69-54(39,9)27-49(38,3)4)29(2)33-13-15-35-31-21-46(71-75(60,61)62)41-23-43(56)48(73-77(66,67)68)26-53(41,8)37(31)17-19-51(33,35)6/h10-11,28-48,55-56H,12-27H2,1-9H3,(H,57,58,59)(H,60,61,62)(H,63,64,65)(H,66,67,68). The molecule has 10 fully saturated rings. The van der Waals surface area contributed by atoms with E-state index in [0.29, 0.717) is 24.7 Å². The highest BCUT2D eigenvalue weighted by molar-refractivity contribution is 7.81. The monoisotopic (exact) mass is 1170 g/mol. The van der Waals surface area contributed by atoms with Crippen molar-refractivity contribution in [3.8, 4) is 0 Å². The molecule has 1 heterocycles. The molecule has 26 unspecified atom stereocenters. The van der Waals surface area contributed by atoms with Gasteiger partial charge in [-0.05, 0) is 220 Å². The summed E-state index contributed by atoms with van der Waals surface area (Å²) in [6.07, 6.45) is 8.02. The Morgan fingerprint density at radius 3 is 1.34 bits per heavy atom. The van der Waals surface area contributed by atoms with Crippen molar-refractivity contribution in [2.24, 2.45) is 110 Å². The fourth-order valence-electron chi connectivity index (χ4n) is 22.0. The maximum absolute atomic E-state index is 12.4. The van der Waals surface area contributed by atoms with Gasteiger partial charge in [0.2, 0.25) is 0 Å². The van der Waals surface area contributed by atoms with Crippen molar-refractivity contribution in [2.75, 3.05) is 0 Å². The molecule has 9 saturated carbocycles. The van der Waals surface area contributed by atoms with E-state index in [1.807, 2.05) is 13.8 Å². The Balaban J connectivity index is 0.839. The molecule has 0 radical (unpaired) electrons. The number of allylic oxidation sites excluding steroid dienone is 2. The maximum Gasteiger partial charge on any atom is 0.397 e. The quantitative estimate of drug-likeness (QED) is 0.0747. The lowest BCUT2D eigenvalue weighted by atomic mass is 9.43. The van der Waals surface area contributed by atoms with Gasteiger partial charge in [0, 0.05) is 0 Å². The lowest BCUT2D eigenvalue weighted by Gasteiger charge is -2.63. The molecular formula is C54H88O19S4. The van der Waals surface area contributed by atoms with Crippen molar-refractivity contribution >= 4 is 41.6 Å². The molecule has 1 saturated heterocycles. The summed E-state index contributed by atoms with van der Waals surface area (Å²) in [7, 11) is -19.5. The minimum atomic E-state index is -4.89. The number of fused-ring (bicyclic) bond motifs is 11. The number of ether oxygens (including phenoxy) is 1. The van der Waals surface area contributed by atoms with Crippen LogP contribution in [0.5, 0.6) is 0 Å². The first kappa shape index (κ1) is 59.3. The molecule has 6 N–H and O–H groups in total. The molecule has 10 rings (SSSR count). The molecule has 442 valence electrons. The van der Waals surface area contributed by atoms with Crippen LogP contribution in [0.25, 0.3) is 0 Å². The third-order valence-corrected chi connectivity index (χ3v) is 26.7. The van der Waals surface area contributed by atoms with Crippen LogP contribution in [-0.2, 0) is 63.1 Å². The summed E-state index contributed by atoms with van der Waals surface area (Å²) in [4.78, 5) is 0. The first-order chi connectivity index (χ1) is 35.3. The Hall–Kier alpha value is -0.900. The first-order valence-electron chi connectivity index (χ1n) is 28.6. The van der Waals surface area contributed by atoms with Gasteiger partial charge in [0.25, 0.3) is 0 Å². The maximum atomic E-state index is 12.4. The van der Waals surface area contributed by atoms with Crippen LogP contribution in [0.15, 0.2) is 12.2 Å². The molecule has 23 heteroatoms. The topological polar surface area (TPSA) is 304 Å². The molecule has 1 aliphatic heterocycles. The predicted molar refractivity (Wildman–Crippen MR) is 280 cm³/mol. The summed E-state index contributed by atoms with van der Waals surface area (Å²) in [5.74, 6) is 1.08. The van der Waals surface area contributed by atoms with E-state index in [-0.39, 0.29) is 113 Å². The zero-order valence-electron chi connectivity index (χ0n) is 46.2. The van der Waals surface area contributed by atoms with Crippen molar-refractivity contribution in [1.82, 2.24) is 0 Å². The summed E-state index contributed by atoms with van der Waals surface area (Å²) in [5, 5.41) is 22.1. The number of rotatable bonds is 13. The first-order valence-corrected chi connectivity index (χ1v) is 34.1. The van der Waals surface area contributed by atoms with E-state index in [0.717, 1.165) is 64.2 Å². The van der Waals surface area contributed by atoms with Gasteiger partial charge in [0.05, 0.1) is 36.1 Å². The highest BCUT2D eigenvalue weighted by Gasteiger charge is 2.68. The van der Waals surface area contributed by atoms with Crippen molar-refractivity contribution < 1.29 is 83.6 Å². The fraction of sp³-hybridized carbons (Fsp3) is 0.963. The van der Waals surface area contributed by atoms with Gasteiger partial charge in [-0.25, -0.2) is 16.7 Å². The van der Waals surface area contributed by atoms with Gasteiger partial charge in [-0.15, -0.1) is 0 Å². The van der Waals surface area contributed by atoms with E-state index in [1.54, 1.807) is 0 Å². The summed E-state index contributed by atoms with van der Waals surface area (Å²) in [5.41, 5.74) is -2.01. The molecule has 0 amide bonds. The molecule has 0 aromatic rings. The Morgan fingerprint density at radius 2 is 0.896 bits per heavy atom. The van der Waals surface area contributed by atoms with Crippen LogP contribution in [0.4, 0.5) is 0 Å². The Kier molecular flexibility index (Phi) is 15.1. The zero-order chi connectivity index (χ0) is 56.4. The molecule has 19 nitrogen and oxygen atoms in total. The summed E-state index contributed by atoms with van der Waals surface area (Å²) in [6, 6.07) is 0. The molecule has 26 atom stereocenters. The van der Waals surface area contributed by atoms with Crippen molar-refractivity contribution in [2.45, 2.75) is 213 Å². The van der Waals surface area contributed by atoms with Crippen LogP contribution in [0.1, 0.15) is 165 Å². The zero-order valence-corrected chi connectivity index (χ0v) is 49.5. The second-order valence-corrected chi connectivity index (χ2v) is 33.0. The minimum Gasteiger partial charge on any atom is -0.390 e. The van der Waals surface area contributed by atoms with Gasteiger partial charge >= 0.3 is 41.6 Å². The lowest BCUT2D eigenvalue weighted by molar-refractivity contribution is -0.188. The van der Waals surface area contributed by atoms with Crippen LogP contribution in [-0.4, -0.2) is 110 Å². The van der Waals surface area contributed by atoms with E-state index >= 15 is 0 Å². The average molecular weight is 1170 g/mol. The minimum absolute atomic E-state index is 0.00339. The third-order valence-electron chi connectivity index (χ3n) is 24.7. The number of hydrogen-bond acceptors (Lipinski definition) is 15. The predicted octanol–water partition coefficient (Wildman–Crippen LogP) is 8.26. The second-order valence-electron chi connectivity index (χ2n) is 28.8. The van der Waals surface area contributed by atoms with E-state index in [1.165, 1.54) is 0 Å². The van der Waals surface area contributed by atoms with Crippen molar-refractivity contribution in [1.29, 1.82) is 0 Å². The van der Waals surface area contributed by atoms with Gasteiger partial charge in [-0.1, -0.05) is 67.5 Å². The lowest BCUT2D eigenvalue weighted by Crippen LogP contribution is -2.61. The SMILES string of the molecule is CC(C=CC1C2CC(C(C)C3CCC4C5CC(OS(=O)(=O)O)C6CC(O)C(OS(=O)(=O)O)CC6(C)C5CCC34C)OC2(C)CC1(C)C)C1CCC2C3CC(OS(=O)(=O)O)C4CC(O)C(OS(=O)(=O)O)CC4(C)C3CCC12C. The molecular weight excluding hydrogens is 1080 g/mol. The van der Waals surface area contributed by atoms with Crippen LogP contribution < -0.4 is 0 Å². The van der Waals surface area contributed by atoms with E-state index < -0.39 is 101 Å². The van der Waals surface area contributed by atoms with Crippen molar-refractivity contribution in [3.63, 3.8) is 0 Å². The van der Waals surface area contributed by atoms with E-state index in [4.69, 9.17) is 21.5 Å². The fourth-order valence-corrected chi connectivity index (χ4v) is 24.1. The van der Waals surface area contributed by atoms with Crippen molar-refractivity contribution in [3.05, 3.63) is 12.2 Å². The number of aliphatic hydroxyl groups excluding tert-OH is 2. The molecule has 9 aliphatic carbocycles. The van der Waals surface area contributed by atoms with Gasteiger partial charge in [-0.3, -0.25) is 18.2 Å². The Morgan fingerprint density at radius 1 is 0.494 bits per heavy atom. The van der Waals surface area contributed by atoms with Gasteiger partial charge in [-0.2, -0.15) is 33.7 Å².